The Bertz CT molecular complexity index is 625. The first-order valence-electron chi connectivity index (χ1n) is 10.6. The van der Waals surface area contributed by atoms with Crippen molar-refractivity contribution in [1.82, 2.24) is 15.5 Å². The first-order valence-corrected chi connectivity index (χ1v) is 10.6. The number of hydrogen-bond donors (Lipinski definition) is 2. The number of aliphatic imine (C=N–C) groups is 1. The lowest BCUT2D eigenvalue weighted by molar-refractivity contribution is 0.0203. The van der Waals surface area contributed by atoms with Gasteiger partial charge in [-0.3, -0.25) is 4.79 Å². The number of nitrogens with one attached hydrogen (secondary N) is 2. The van der Waals surface area contributed by atoms with E-state index < -0.39 is 0 Å². The third kappa shape index (κ3) is 8.83. The minimum atomic E-state index is 0.00842. The predicted molar refractivity (Wildman–Crippen MR) is 116 cm³/mol. The second-order valence-electron chi connectivity index (χ2n) is 7.50. The smallest absolute Gasteiger partial charge is 0.253 e. The molecule has 0 aromatic heterocycles. The molecule has 0 bridgehead atoms. The number of ether oxygens (including phenoxy) is 2. The number of hydrogen-bond acceptors (Lipinski definition) is 4. The van der Waals surface area contributed by atoms with Crippen LogP contribution in [-0.2, 0) is 16.0 Å². The minimum Gasteiger partial charge on any atom is -0.381 e. The van der Waals surface area contributed by atoms with E-state index in [1.807, 2.05) is 24.3 Å². The van der Waals surface area contributed by atoms with Crippen molar-refractivity contribution in [1.29, 1.82) is 0 Å². The summed E-state index contributed by atoms with van der Waals surface area (Å²) in [6.45, 7) is 7.56. The van der Waals surface area contributed by atoms with Gasteiger partial charge in [-0.05, 0) is 49.8 Å². The maximum atomic E-state index is 12.0. The van der Waals surface area contributed by atoms with Crippen molar-refractivity contribution in [3.63, 3.8) is 0 Å². The maximum absolute atomic E-state index is 12.0. The second kappa shape index (κ2) is 13.2. The normalized spacial score (nSPS) is 15.2. The molecular weight excluding hydrogens is 368 g/mol. The van der Waals surface area contributed by atoms with Crippen LogP contribution in [0.25, 0.3) is 0 Å². The number of benzene rings is 1. The van der Waals surface area contributed by atoms with Gasteiger partial charge in [-0.1, -0.05) is 12.1 Å². The summed E-state index contributed by atoms with van der Waals surface area (Å²) >= 11 is 0. The Labute approximate surface area is 174 Å². The van der Waals surface area contributed by atoms with Gasteiger partial charge in [0.25, 0.3) is 5.91 Å². The summed E-state index contributed by atoms with van der Waals surface area (Å²) in [7, 11) is 3.51. The standard InChI is InChI=1S/C22H36N4O3/c1-4-23-22(24-12-5-13-29-17-19-10-14-28-15-11-19)25-16-18-6-8-20(9-7-18)21(27)26(2)3/h6-9,19H,4-5,10-17H2,1-3H3,(H2,23,24,25). The highest BCUT2D eigenvalue weighted by molar-refractivity contribution is 5.93. The quantitative estimate of drug-likeness (QED) is 0.355. The fourth-order valence-electron chi connectivity index (χ4n) is 3.07. The van der Waals surface area contributed by atoms with Crippen molar-refractivity contribution in [2.45, 2.75) is 32.7 Å². The number of rotatable bonds is 10. The number of amides is 1. The molecule has 0 unspecified atom stereocenters. The zero-order valence-electron chi connectivity index (χ0n) is 18.1. The molecule has 1 saturated heterocycles. The van der Waals surface area contributed by atoms with Gasteiger partial charge in [0.1, 0.15) is 0 Å². The van der Waals surface area contributed by atoms with Crippen LogP contribution >= 0.6 is 0 Å². The Morgan fingerprint density at radius 3 is 2.59 bits per heavy atom. The third-order valence-corrected chi connectivity index (χ3v) is 4.82. The van der Waals surface area contributed by atoms with Crippen molar-refractivity contribution in [2.24, 2.45) is 10.9 Å². The van der Waals surface area contributed by atoms with Crippen molar-refractivity contribution in [3.05, 3.63) is 35.4 Å². The van der Waals surface area contributed by atoms with Crippen LogP contribution in [0.1, 0.15) is 42.1 Å². The molecule has 1 heterocycles. The summed E-state index contributed by atoms with van der Waals surface area (Å²) in [5.74, 6) is 1.45. The lowest BCUT2D eigenvalue weighted by Gasteiger charge is -2.21. The lowest BCUT2D eigenvalue weighted by Crippen LogP contribution is -2.38. The highest BCUT2D eigenvalue weighted by Crippen LogP contribution is 2.14. The van der Waals surface area contributed by atoms with Crippen LogP contribution in [0.3, 0.4) is 0 Å². The van der Waals surface area contributed by atoms with Crippen LogP contribution in [0.4, 0.5) is 0 Å². The van der Waals surface area contributed by atoms with E-state index in [0.29, 0.717) is 18.0 Å². The van der Waals surface area contributed by atoms with Crippen LogP contribution in [0.2, 0.25) is 0 Å². The molecule has 0 atom stereocenters. The lowest BCUT2D eigenvalue weighted by atomic mass is 10.0. The van der Waals surface area contributed by atoms with Crippen LogP contribution in [0, 0.1) is 5.92 Å². The summed E-state index contributed by atoms with van der Waals surface area (Å²) < 4.78 is 11.2. The summed E-state index contributed by atoms with van der Waals surface area (Å²) in [4.78, 5) is 18.2. The monoisotopic (exact) mass is 404 g/mol. The van der Waals surface area contributed by atoms with Gasteiger partial charge in [0, 0.05) is 59.2 Å². The van der Waals surface area contributed by atoms with E-state index in [0.717, 1.165) is 70.3 Å². The van der Waals surface area contributed by atoms with E-state index >= 15 is 0 Å². The van der Waals surface area contributed by atoms with E-state index in [4.69, 9.17) is 9.47 Å². The molecule has 2 rings (SSSR count). The average molecular weight is 405 g/mol. The molecule has 2 N–H and O–H groups in total. The van der Waals surface area contributed by atoms with E-state index in [9.17, 15) is 4.79 Å². The Kier molecular flexibility index (Phi) is 10.5. The molecule has 1 fully saturated rings. The first kappa shape index (κ1) is 23.2. The maximum Gasteiger partial charge on any atom is 0.253 e. The molecule has 162 valence electrons. The largest absolute Gasteiger partial charge is 0.381 e. The van der Waals surface area contributed by atoms with Gasteiger partial charge < -0.3 is 25.0 Å². The topological polar surface area (TPSA) is 75.2 Å². The number of carbonyl (C=O) groups is 1. The van der Waals surface area contributed by atoms with E-state index in [1.54, 1.807) is 19.0 Å². The van der Waals surface area contributed by atoms with Crippen LogP contribution in [0.15, 0.2) is 29.3 Å². The Morgan fingerprint density at radius 2 is 1.93 bits per heavy atom. The second-order valence-corrected chi connectivity index (χ2v) is 7.50. The molecule has 1 amide bonds. The average Bonchev–Trinajstić information content (AvgIpc) is 2.74. The van der Waals surface area contributed by atoms with Crippen molar-refractivity contribution >= 4 is 11.9 Å². The summed E-state index contributed by atoms with van der Waals surface area (Å²) in [6, 6.07) is 7.61. The van der Waals surface area contributed by atoms with Gasteiger partial charge in [0.2, 0.25) is 0 Å². The highest BCUT2D eigenvalue weighted by Gasteiger charge is 2.13. The molecule has 1 aromatic carbocycles. The number of carbonyl (C=O) groups excluding carboxylic acids is 1. The number of nitrogens with zero attached hydrogens (tertiary/aromatic N) is 2. The van der Waals surface area contributed by atoms with Crippen molar-refractivity contribution in [3.8, 4) is 0 Å². The predicted octanol–water partition coefficient (Wildman–Crippen LogP) is 2.28. The van der Waals surface area contributed by atoms with E-state index in [2.05, 4.69) is 22.5 Å². The fraction of sp³-hybridized carbons (Fsp3) is 0.636. The summed E-state index contributed by atoms with van der Waals surface area (Å²) in [5.41, 5.74) is 1.76. The Hall–Kier alpha value is -2.12. The molecule has 1 aromatic rings. The van der Waals surface area contributed by atoms with Gasteiger partial charge in [0.05, 0.1) is 6.54 Å². The van der Waals surface area contributed by atoms with Crippen LogP contribution in [0.5, 0.6) is 0 Å². The molecule has 0 spiro atoms. The SMILES string of the molecule is CCNC(=NCc1ccc(C(=O)N(C)C)cc1)NCCCOCC1CCOCC1. The molecule has 29 heavy (non-hydrogen) atoms. The summed E-state index contributed by atoms with van der Waals surface area (Å²) in [5, 5.41) is 6.62. The molecular formula is C22H36N4O3. The van der Waals surface area contributed by atoms with Crippen LogP contribution in [-0.4, -0.2) is 70.4 Å². The van der Waals surface area contributed by atoms with Gasteiger partial charge in [-0.2, -0.15) is 0 Å². The molecule has 7 nitrogen and oxygen atoms in total. The van der Waals surface area contributed by atoms with Gasteiger partial charge in [0.15, 0.2) is 5.96 Å². The zero-order valence-corrected chi connectivity index (χ0v) is 18.1. The van der Waals surface area contributed by atoms with Gasteiger partial charge in [-0.25, -0.2) is 4.99 Å². The first-order chi connectivity index (χ1) is 14.1. The van der Waals surface area contributed by atoms with Crippen LogP contribution < -0.4 is 10.6 Å². The molecule has 1 aliphatic heterocycles. The van der Waals surface area contributed by atoms with Gasteiger partial charge >= 0.3 is 0 Å². The molecule has 1 aliphatic rings. The molecule has 0 aliphatic carbocycles. The van der Waals surface area contributed by atoms with Crippen molar-refractivity contribution < 1.29 is 14.3 Å². The highest BCUT2D eigenvalue weighted by atomic mass is 16.5. The number of guanidine groups is 1. The third-order valence-electron chi connectivity index (χ3n) is 4.82. The Balaban J connectivity index is 1.69. The fourth-order valence-corrected chi connectivity index (χ4v) is 3.07. The van der Waals surface area contributed by atoms with E-state index in [-0.39, 0.29) is 5.91 Å². The molecule has 0 radical (unpaired) electrons. The zero-order chi connectivity index (χ0) is 20.9. The Morgan fingerprint density at radius 1 is 1.21 bits per heavy atom. The summed E-state index contributed by atoms with van der Waals surface area (Å²) in [6.07, 6.45) is 3.16. The van der Waals surface area contributed by atoms with E-state index in [1.165, 1.54) is 0 Å². The molecule has 7 heteroatoms. The molecule has 0 saturated carbocycles. The van der Waals surface area contributed by atoms with Gasteiger partial charge in [-0.15, -0.1) is 0 Å². The minimum absolute atomic E-state index is 0.00842. The van der Waals surface area contributed by atoms with Crippen molar-refractivity contribution in [2.75, 3.05) is 53.6 Å².